The number of carboxylic acids is 1. The van der Waals surface area contributed by atoms with E-state index in [9.17, 15) is 19.5 Å². The number of carboxylic acid groups (broad SMARTS) is 1. The minimum atomic E-state index is -0.892. The van der Waals surface area contributed by atoms with Crippen molar-refractivity contribution < 1.29 is 38.2 Å². The molecule has 0 heterocycles. The van der Waals surface area contributed by atoms with Crippen molar-refractivity contribution in [3.63, 3.8) is 0 Å². The summed E-state index contributed by atoms with van der Waals surface area (Å²) in [5.41, 5.74) is 0. The Kier molecular flexibility index (Phi) is 41.8. The van der Waals surface area contributed by atoms with E-state index in [2.05, 4.69) is 123 Å². The van der Waals surface area contributed by atoms with Gasteiger partial charge in [0.2, 0.25) is 0 Å². The summed E-state index contributed by atoms with van der Waals surface area (Å²) in [6.45, 7) is 4.51. The van der Waals surface area contributed by atoms with E-state index in [1.807, 2.05) is 21.1 Å². The van der Waals surface area contributed by atoms with E-state index in [0.717, 1.165) is 83.5 Å². The van der Waals surface area contributed by atoms with Crippen LogP contribution >= 0.6 is 0 Å². The standard InChI is InChI=1S/C55H89NO7/c1-6-8-10-12-14-16-18-20-22-24-25-26-27-28-30-31-33-35-37-39-41-43-45-53(57)62-50-51(49-61-48-47-52(55(59)60)56(3,4)5)63-54(58)46-44-42-40-38-36-34-32-29-23-21-19-17-15-13-11-9-7-2/h8,10,14,16,20-23,25-26,28,30,32-35,38,40,51-52H,6-7,9,11-13,15,17-19,24,27,29,31,36-37,39,41-50H2,1-5H3/p+1/b10-8+,16-14+,22-20+,23-21+,26-25+,30-28+,34-32+,35-33+,40-38+. The predicted octanol–water partition coefficient (Wildman–Crippen LogP) is 14.0. The second kappa shape index (κ2) is 44.6. The van der Waals surface area contributed by atoms with Gasteiger partial charge in [-0.1, -0.05) is 162 Å². The molecule has 0 aromatic carbocycles. The summed E-state index contributed by atoms with van der Waals surface area (Å²) in [7, 11) is 5.49. The van der Waals surface area contributed by atoms with Crippen LogP contribution in [0.3, 0.4) is 0 Å². The molecule has 8 heteroatoms. The molecule has 0 aliphatic heterocycles. The smallest absolute Gasteiger partial charge is 0.362 e. The number of unbranched alkanes of at least 4 members (excludes halogenated alkanes) is 10. The summed E-state index contributed by atoms with van der Waals surface area (Å²) in [6.07, 6.45) is 61.5. The van der Waals surface area contributed by atoms with Crippen LogP contribution < -0.4 is 0 Å². The maximum Gasteiger partial charge on any atom is 0.362 e. The van der Waals surface area contributed by atoms with Crippen molar-refractivity contribution in [3.05, 3.63) is 109 Å². The molecule has 2 atom stereocenters. The van der Waals surface area contributed by atoms with E-state index in [-0.39, 0.29) is 42.7 Å². The van der Waals surface area contributed by atoms with Crippen LogP contribution in [0.4, 0.5) is 0 Å². The topological polar surface area (TPSA) is 99.1 Å². The maximum atomic E-state index is 12.7. The molecular formula is C55H90NO7+. The molecule has 0 bridgehead atoms. The largest absolute Gasteiger partial charge is 0.477 e. The number of nitrogens with zero attached hydrogens (tertiary/aromatic N) is 1. The molecule has 0 fully saturated rings. The van der Waals surface area contributed by atoms with Crippen molar-refractivity contribution in [3.8, 4) is 0 Å². The number of likely N-dealkylation sites (N-methyl/N-ethyl adjacent to an activating group) is 1. The number of ether oxygens (including phenoxy) is 3. The monoisotopic (exact) mass is 877 g/mol. The van der Waals surface area contributed by atoms with E-state index < -0.39 is 18.1 Å². The van der Waals surface area contributed by atoms with Crippen molar-refractivity contribution in [1.29, 1.82) is 0 Å². The second-order valence-electron chi connectivity index (χ2n) is 17.0. The van der Waals surface area contributed by atoms with Crippen molar-refractivity contribution in [1.82, 2.24) is 0 Å². The van der Waals surface area contributed by atoms with Crippen LogP contribution in [0, 0.1) is 0 Å². The summed E-state index contributed by atoms with van der Waals surface area (Å²) in [6, 6.07) is -0.636. The van der Waals surface area contributed by atoms with Gasteiger partial charge in [-0.15, -0.1) is 0 Å². The van der Waals surface area contributed by atoms with E-state index in [1.54, 1.807) is 0 Å². The fourth-order valence-electron chi connectivity index (χ4n) is 6.40. The molecule has 0 radical (unpaired) electrons. The van der Waals surface area contributed by atoms with Gasteiger partial charge in [0.05, 0.1) is 34.4 Å². The molecular weight excluding hydrogens is 787 g/mol. The molecule has 0 saturated carbocycles. The summed E-state index contributed by atoms with van der Waals surface area (Å²) in [4.78, 5) is 37.1. The van der Waals surface area contributed by atoms with E-state index in [0.29, 0.717) is 19.3 Å². The first-order chi connectivity index (χ1) is 30.6. The highest BCUT2D eigenvalue weighted by Gasteiger charge is 2.31. The number of hydrogen-bond acceptors (Lipinski definition) is 6. The van der Waals surface area contributed by atoms with E-state index >= 15 is 0 Å². The average Bonchev–Trinajstić information content (AvgIpc) is 3.24. The normalized spacial score (nSPS) is 13.9. The third-order valence-corrected chi connectivity index (χ3v) is 10.2. The lowest BCUT2D eigenvalue weighted by atomic mass is 10.1. The number of allylic oxidation sites excluding steroid dienone is 18. The minimum absolute atomic E-state index is 0.0228. The molecule has 2 unspecified atom stereocenters. The third kappa shape index (κ3) is 43.0. The van der Waals surface area contributed by atoms with Crippen LogP contribution in [0.25, 0.3) is 0 Å². The van der Waals surface area contributed by atoms with Gasteiger partial charge in [0.25, 0.3) is 0 Å². The average molecular weight is 877 g/mol. The van der Waals surface area contributed by atoms with Crippen LogP contribution in [-0.4, -0.2) is 80.6 Å². The molecule has 0 rings (SSSR count). The highest BCUT2D eigenvalue weighted by molar-refractivity contribution is 5.72. The fraction of sp³-hybridized carbons (Fsp3) is 0.618. The Morgan fingerprint density at radius 3 is 1.37 bits per heavy atom. The lowest BCUT2D eigenvalue weighted by molar-refractivity contribution is -0.887. The van der Waals surface area contributed by atoms with Crippen molar-refractivity contribution >= 4 is 17.9 Å². The molecule has 0 aliphatic rings. The van der Waals surface area contributed by atoms with Gasteiger partial charge in [-0.25, -0.2) is 4.79 Å². The zero-order chi connectivity index (χ0) is 46.3. The summed E-state index contributed by atoms with van der Waals surface area (Å²) in [5, 5.41) is 9.64. The molecule has 63 heavy (non-hydrogen) atoms. The lowest BCUT2D eigenvalue weighted by Gasteiger charge is -2.31. The predicted molar refractivity (Wildman–Crippen MR) is 266 cm³/mol. The highest BCUT2D eigenvalue weighted by Crippen LogP contribution is 2.12. The Hall–Kier alpha value is -4.01. The van der Waals surface area contributed by atoms with Gasteiger partial charge in [-0.05, 0) is 96.3 Å². The number of esters is 2. The highest BCUT2D eigenvalue weighted by atomic mass is 16.6. The zero-order valence-corrected chi connectivity index (χ0v) is 40.5. The van der Waals surface area contributed by atoms with E-state index in [1.165, 1.54) is 44.9 Å². The molecule has 356 valence electrons. The Bertz CT molecular complexity index is 1390. The first kappa shape index (κ1) is 59.0. The molecule has 0 spiro atoms. The van der Waals surface area contributed by atoms with Gasteiger partial charge in [0.1, 0.15) is 6.61 Å². The molecule has 0 aromatic heterocycles. The Morgan fingerprint density at radius 1 is 0.492 bits per heavy atom. The van der Waals surface area contributed by atoms with Gasteiger partial charge in [0.15, 0.2) is 12.1 Å². The fourth-order valence-corrected chi connectivity index (χ4v) is 6.40. The van der Waals surface area contributed by atoms with Crippen molar-refractivity contribution in [2.75, 3.05) is 41.0 Å². The van der Waals surface area contributed by atoms with Crippen molar-refractivity contribution in [2.45, 2.75) is 180 Å². The van der Waals surface area contributed by atoms with Gasteiger partial charge in [0, 0.05) is 19.3 Å². The molecule has 0 amide bonds. The van der Waals surface area contributed by atoms with E-state index in [4.69, 9.17) is 14.2 Å². The molecule has 0 aliphatic carbocycles. The Morgan fingerprint density at radius 2 is 0.905 bits per heavy atom. The quantitative estimate of drug-likeness (QED) is 0.0282. The number of hydrogen-bond donors (Lipinski definition) is 1. The molecule has 0 aromatic rings. The number of rotatable bonds is 42. The zero-order valence-electron chi connectivity index (χ0n) is 40.5. The molecule has 8 nitrogen and oxygen atoms in total. The number of carbonyl (C=O) groups is 3. The molecule has 1 N–H and O–H groups in total. The van der Waals surface area contributed by atoms with Crippen LogP contribution in [0.2, 0.25) is 0 Å². The Balaban J connectivity index is 4.45. The Labute approximate surface area is 385 Å². The van der Waals surface area contributed by atoms with Gasteiger partial charge < -0.3 is 23.8 Å². The summed E-state index contributed by atoms with van der Waals surface area (Å²) < 4.78 is 17.2. The summed E-state index contributed by atoms with van der Waals surface area (Å²) >= 11 is 0. The maximum absolute atomic E-state index is 12.7. The number of aliphatic carboxylic acids is 1. The van der Waals surface area contributed by atoms with Crippen LogP contribution in [0.1, 0.15) is 168 Å². The van der Waals surface area contributed by atoms with Crippen LogP contribution in [0.5, 0.6) is 0 Å². The van der Waals surface area contributed by atoms with Gasteiger partial charge >= 0.3 is 17.9 Å². The minimum Gasteiger partial charge on any atom is -0.477 e. The first-order valence-electron chi connectivity index (χ1n) is 24.4. The second-order valence-corrected chi connectivity index (χ2v) is 17.0. The SMILES string of the molecule is CC/C=C/C/C=C/C/C=C/C/C=C/C/C=C/C/C=C/CCCCCC(=O)OCC(COCCC(C(=O)O)[N+](C)(C)C)OC(=O)CCC/C=C/C/C=C/C/C=C/CCCCCCCC. The van der Waals surface area contributed by atoms with Gasteiger partial charge in [-0.2, -0.15) is 0 Å². The third-order valence-electron chi connectivity index (χ3n) is 10.2. The molecule has 0 saturated heterocycles. The van der Waals surface area contributed by atoms with Crippen molar-refractivity contribution in [2.24, 2.45) is 0 Å². The van der Waals surface area contributed by atoms with Crippen LogP contribution in [0.15, 0.2) is 109 Å². The lowest BCUT2D eigenvalue weighted by Crippen LogP contribution is -2.50. The number of quaternary nitrogens is 1. The van der Waals surface area contributed by atoms with Crippen LogP contribution in [-0.2, 0) is 28.6 Å². The summed E-state index contributed by atoms with van der Waals surface area (Å²) in [5.74, 6) is -1.59. The first-order valence-corrected chi connectivity index (χ1v) is 24.4. The number of carbonyl (C=O) groups excluding carboxylic acids is 2. The van der Waals surface area contributed by atoms with Gasteiger partial charge in [-0.3, -0.25) is 9.59 Å².